The van der Waals surface area contributed by atoms with Crippen LogP contribution >= 0.6 is 0 Å². The van der Waals surface area contributed by atoms with Gasteiger partial charge in [0.05, 0.1) is 16.8 Å². The van der Waals surface area contributed by atoms with Gasteiger partial charge in [0.25, 0.3) is 0 Å². The maximum Gasteiger partial charge on any atom is 0.0870 e. The summed E-state index contributed by atoms with van der Waals surface area (Å²) >= 11 is 0. The van der Waals surface area contributed by atoms with Crippen LogP contribution in [0.3, 0.4) is 0 Å². The molecule has 0 aromatic heterocycles. The van der Waals surface area contributed by atoms with Crippen LogP contribution in [0.5, 0.6) is 0 Å². The fourth-order valence-electron chi connectivity index (χ4n) is 5.06. The van der Waals surface area contributed by atoms with E-state index in [9.17, 15) is 5.11 Å². The van der Waals surface area contributed by atoms with Gasteiger partial charge in [-0.2, -0.15) is 0 Å². The van der Waals surface area contributed by atoms with Gasteiger partial charge in [-0.1, -0.05) is 6.42 Å². The number of nitrogens with zero attached hydrogens (tertiary/aromatic N) is 1. The lowest BCUT2D eigenvalue weighted by atomic mass is 9.69. The molecule has 110 valence electrons. The minimum Gasteiger partial charge on any atom is -0.388 e. The smallest absolute Gasteiger partial charge is 0.0870 e. The zero-order valence-electron chi connectivity index (χ0n) is 12.9. The first-order valence-electron chi connectivity index (χ1n) is 7.91. The average molecular weight is 267 g/mol. The van der Waals surface area contributed by atoms with Gasteiger partial charge in [0, 0.05) is 18.5 Å². The average Bonchev–Trinajstić information content (AvgIpc) is 2.75. The number of piperidine rings is 1. The van der Waals surface area contributed by atoms with Crippen molar-refractivity contribution in [2.24, 2.45) is 5.92 Å². The molecule has 3 rings (SSSR count). The SMILES string of the molecule is CC1(C)CC(C2(O)CCN3CCCCC32)C(C)(C)O1. The van der Waals surface area contributed by atoms with Gasteiger partial charge in [0.1, 0.15) is 0 Å². The van der Waals surface area contributed by atoms with Crippen molar-refractivity contribution in [2.75, 3.05) is 13.1 Å². The molecule has 3 unspecified atom stereocenters. The van der Waals surface area contributed by atoms with Crippen LogP contribution in [0.15, 0.2) is 0 Å². The summed E-state index contributed by atoms with van der Waals surface area (Å²) in [5, 5.41) is 11.4. The second kappa shape index (κ2) is 4.19. The van der Waals surface area contributed by atoms with Crippen LogP contribution in [0, 0.1) is 5.92 Å². The van der Waals surface area contributed by atoms with E-state index in [0.717, 1.165) is 25.8 Å². The molecule has 3 fully saturated rings. The molecule has 0 spiro atoms. The maximum absolute atomic E-state index is 11.4. The number of rotatable bonds is 1. The fourth-order valence-corrected chi connectivity index (χ4v) is 5.06. The van der Waals surface area contributed by atoms with Gasteiger partial charge in [-0.25, -0.2) is 0 Å². The van der Waals surface area contributed by atoms with Crippen molar-refractivity contribution in [1.82, 2.24) is 4.90 Å². The molecule has 3 saturated heterocycles. The lowest BCUT2D eigenvalue weighted by molar-refractivity contribution is -0.125. The Balaban J connectivity index is 1.88. The molecule has 3 aliphatic rings. The number of fused-ring (bicyclic) bond motifs is 1. The quantitative estimate of drug-likeness (QED) is 0.792. The van der Waals surface area contributed by atoms with Crippen LogP contribution < -0.4 is 0 Å². The predicted molar refractivity (Wildman–Crippen MR) is 76.1 cm³/mol. The number of hydrogen-bond donors (Lipinski definition) is 1. The Labute approximate surface area is 117 Å². The molecular formula is C16H29NO2. The molecule has 3 aliphatic heterocycles. The van der Waals surface area contributed by atoms with Crippen LogP contribution in [0.4, 0.5) is 0 Å². The highest BCUT2D eigenvalue weighted by Gasteiger charge is 2.60. The molecule has 0 aromatic carbocycles. The number of ether oxygens (including phenoxy) is 1. The van der Waals surface area contributed by atoms with E-state index in [1.54, 1.807) is 0 Å². The monoisotopic (exact) mass is 267 g/mol. The van der Waals surface area contributed by atoms with E-state index in [1.165, 1.54) is 19.4 Å². The number of aliphatic hydroxyl groups is 1. The van der Waals surface area contributed by atoms with Gasteiger partial charge in [-0.05, 0) is 59.9 Å². The van der Waals surface area contributed by atoms with Crippen molar-refractivity contribution >= 4 is 0 Å². The molecule has 19 heavy (non-hydrogen) atoms. The van der Waals surface area contributed by atoms with E-state index in [4.69, 9.17) is 4.74 Å². The van der Waals surface area contributed by atoms with Crippen molar-refractivity contribution in [3.05, 3.63) is 0 Å². The minimum atomic E-state index is -0.544. The Morgan fingerprint density at radius 2 is 1.84 bits per heavy atom. The fraction of sp³-hybridized carbons (Fsp3) is 1.00. The summed E-state index contributed by atoms with van der Waals surface area (Å²) in [5.74, 6) is 0.253. The highest BCUT2D eigenvalue weighted by Crippen LogP contribution is 2.52. The first-order chi connectivity index (χ1) is 8.75. The van der Waals surface area contributed by atoms with Gasteiger partial charge >= 0.3 is 0 Å². The predicted octanol–water partition coefficient (Wildman–Crippen LogP) is 2.57. The standard InChI is InChI=1S/C16H29NO2/c1-14(2)11-12(15(3,4)19-14)16(18)8-10-17-9-6-5-7-13(16)17/h12-13,18H,5-11H2,1-4H3. The summed E-state index contributed by atoms with van der Waals surface area (Å²) in [6.07, 6.45) is 5.61. The third kappa shape index (κ3) is 2.14. The van der Waals surface area contributed by atoms with Crippen LogP contribution in [-0.2, 0) is 4.74 Å². The Bertz CT molecular complexity index is 366. The van der Waals surface area contributed by atoms with Crippen molar-refractivity contribution < 1.29 is 9.84 Å². The van der Waals surface area contributed by atoms with Crippen molar-refractivity contribution in [1.29, 1.82) is 0 Å². The van der Waals surface area contributed by atoms with Gasteiger partial charge in [0.2, 0.25) is 0 Å². The molecule has 1 N–H and O–H groups in total. The summed E-state index contributed by atoms with van der Waals surface area (Å²) in [7, 11) is 0. The molecule has 3 heteroatoms. The van der Waals surface area contributed by atoms with Crippen LogP contribution in [0.25, 0.3) is 0 Å². The third-order valence-electron chi connectivity index (χ3n) is 5.67. The molecule has 3 heterocycles. The normalized spacial score (nSPS) is 45.3. The first-order valence-corrected chi connectivity index (χ1v) is 7.91. The van der Waals surface area contributed by atoms with E-state index < -0.39 is 5.60 Å². The Kier molecular flexibility index (Phi) is 3.05. The number of hydrogen-bond acceptors (Lipinski definition) is 3. The third-order valence-corrected chi connectivity index (χ3v) is 5.67. The molecule has 0 saturated carbocycles. The lowest BCUT2D eigenvalue weighted by Crippen LogP contribution is -2.55. The largest absolute Gasteiger partial charge is 0.388 e. The van der Waals surface area contributed by atoms with Crippen molar-refractivity contribution in [2.45, 2.75) is 82.6 Å². The van der Waals surface area contributed by atoms with Gasteiger partial charge in [-0.15, -0.1) is 0 Å². The van der Waals surface area contributed by atoms with Gasteiger partial charge in [0.15, 0.2) is 0 Å². The van der Waals surface area contributed by atoms with Crippen molar-refractivity contribution in [3.63, 3.8) is 0 Å². The van der Waals surface area contributed by atoms with E-state index >= 15 is 0 Å². The van der Waals surface area contributed by atoms with Crippen LogP contribution in [0.2, 0.25) is 0 Å². The Morgan fingerprint density at radius 1 is 1.11 bits per heavy atom. The highest BCUT2D eigenvalue weighted by atomic mass is 16.5. The lowest BCUT2D eigenvalue weighted by Gasteiger charge is -2.44. The van der Waals surface area contributed by atoms with E-state index in [2.05, 4.69) is 32.6 Å². The van der Waals surface area contributed by atoms with Gasteiger partial charge < -0.3 is 9.84 Å². The topological polar surface area (TPSA) is 32.7 Å². The second-order valence-corrected chi connectivity index (χ2v) is 8.01. The Morgan fingerprint density at radius 3 is 2.47 bits per heavy atom. The first kappa shape index (κ1) is 13.8. The molecule has 0 bridgehead atoms. The van der Waals surface area contributed by atoms with Crippen molar-refractivity contribution in [3.8, 4) is 0 Å². The zero-order chi connectivity index (χ0) is 13.9. The Hall–Kier alpha value is -0.120. The molecule has 3 atom stereocenters. The van der Waals surface area contributed by atoms with Crippen LogP contribution in [0.1, 0.15) is 59.8 Å². The summed E-state index contributed by atoms with van der Waals surface area (Å²) in [6.45, 7) is 10.9. The van der Waals surface area contributed by atoms with Gasteiger partial charge in [-0.3, -0.25) is 4.90 Å². The molecule has 0 aliphatic carbocycles. The molecular weight excluding hydrogens is 238 g/mol. The van der Waals surface area contributed by atoms with E-state index in [-0.39, 0.29) is 17.1 Å². The maximum atomic E-state index is 11.4. The van der Waals surface area contributed by atoms with Crippen LogP contribution in [-0.4, -0.2) is 45.9 Å². The summed E-state index contributed by atoms with van der Waals surface area (Å²) in [4.78, 5) is 2.52. The zero-order valence-corrected chi connectivity index (χ0v) is 12.9. The summed E-state index contributed by atoms with van der Waals surface area (Å²) < 4.78 is 6.23. The molecule has 0 amide bonds. The minimum absolute atomic E-state index is 0.105. The summed E-state index contributed by atoms with van der Waals surface area (Å²) in [5.41, 5.74) is -0.866. The molecule has 0 radical (unpaired) electrons. The summed E-state index contributed by atoms with van der Waals surface area (Å²) in [6, 6.07) is 0.364. The van der Waals surface area contributed by atoms with E-state index in [1.807, 2.05) is 0 Å². The molecule has 3 nitrogen and oxygen atoms in total. The van der Waals surface area contributed by atoms with E-state index in [0.29, 0.717) is 6.04 Å². The molecule has 0 aromatic rings. The highest BCUT2D eigenvalue weighted by molar-refractivity contribution is 5.12. The second-order valence-electron chi connectivity index (χ2n) is 8.01.